The fourth-order valence-electron chi connectivity index (χ4n) is 2.58. The molecule has 0 N–H and O–H groups in total. The predicted molar refractivity (Wildman–Crippen MR) is 82.8 cm³/mol. The summed E-state index contributed by atoms with van der Waals surface area (Å²) in [4.78, 5) is 6.89. The zero-order chi connectivity index (χ0) is 14.3. The van der Waals surface area contributed by atoms with Gasteiger partial charge in [-0.25, -0.2) is 9.50 Å². The topological polar surface area (TPSA) is 33.4 Å². The maximum absolute atomic E-state index is 6.19. The molecule has 0 radical (unpaired) electrons. The molecule has 1 saturated heterocycles. The lowest BCUT2D eigenvalue weighted by Gasteiger charge is -2.30. The second kappa shape index (κ2) is 4.92. The molecule has 0 atom stereocenters. The van der Waals surface area contributed by atoms with Gasteiger partial charge in [-0.15, -0.1) is 11.6 Å². The van der Waals surface area contributed by atoms with Crippen molar-refractivity contribution in [3.05, 3.63) is 24.2 Å². The van der Waals surface area contributed by atoms with Gasteiger partial charge in [-0.2, -0.15) is 5.10 Å². The molecule has 0 saturated carbocycles. The van der Waals surface area contributed by atoms with Crippen LogP contribution in [0.2, 0.25) is 0 Å². The number of halogens is 1. The van der Waals surface area contributed by atoms with E-state index in [0.717, 1.165) is 43.0 Å². The minimum absolute atomic E-state index is 0.0480. The van der Waals surface area contributed by atoms with E-state index in [0.29, 0.717) is 5.38 Å². The molecule has 1 fully saturated rings. The van der Waals surface area contributed by atoms with Crippen LogP contribution in [-0.4, -0.2) is 33.1 Å². The van der Waals surface area contributed by atoms with Crippen molar-refractivity contribution in [3.8, 4) is 0 Å². The number of aromatic nitrogens is 3. The van der Waals surface area contributed by atoms with Gasteiger partial charge in [0.15, 0.2) is 5.82 Å². The quantitative estimate of drug-likeness (QED) is 0.757. The molecule has 3 heterocycles. The van der Waals surface area contributed by atoms with Gasteiger partial charge in [-0.05, 0) is 18.9 Å². The zero-order valence-corrected chi connectivity index (χ0v) is 13.1. The Morgan fingerprint density at radius 1 is 1.25 bits per heavy atom. The molecule has 0 unspecified atom stereocenters. The Kier molecular flexibility index (Phi) is 3.36. The lowest BCUT2D eigenvalue weighted by molar-refractivity contribution is 0.562. The number of nitrogens with zero attached hydrogens (tertiary/aromatic N) is 4. The summed E-state index contributed by atoms with van der Waals surface area (Å²) in [5, 5.41) is 4.98. The van der Waals surface area contributed by atoms with E-state index < -0.39 is 0 Å². The summed E-state index contributed by atoms with van der Waals surface area (Å²) in [6.07, 6.45) is 5.78. The van der Waals surface area contributed by atoms with Crippen LogP contribution in [0.5, 0.6) is 0 Å². The fourth-order valence-corrected chi connectivity index (χ4v) is 2.77. The van der Waals surface area contributed by atoms with E-state index in [2.05, 4.69) is 41.8 Å². The van der Waals surface area contributed by atoms with Crippen molar-refractivity contribution in [1.82, 2.24) is 14.6 Å². The van der Waals surface area contributed by atoms with Gasteiger partial charge in [-0.1, -0.05) is 20.8 Å². The van der Waals surface area contributed by atoms with Gasteiger partial charge >= 0.3 is 0 Å². The molecule has 1 aliphatic heterocycles. The van der Waals surface area contributed by atoms with Crippen LogP contribution in [0, 0.1) is 0 Å². The van der Waals surface area contributed by atoms with Crippen LogP contribution in [0.15, 0.2) is 18.5 Å². The van der Waals surface area contributed by atoms with Crippen LogP contribution in [0.3, 0.4) is 0 Å². The summed E-state index contributed by atoms with van der Waals surface area (Å²) in [6.45, 7) is 8.48. The van der Waals surface area contributed by atoms with Gasteiger partial charge in [0.05, 0.1) is 5.69 Å². The molecule has 20 heavy (non-hydrogen) atoms. The summed E-state index contributed by atoms with van der Waals surface area (Å²) in [7, 11) is 0. The molecular formula is C15H21ClN4. The Morgan fingerprint density at radius 3 is 2.60 bits per heavy atom. The van der Waals surface area contributed by atoms with Crippen molar-refractivity contribution in [2.45, 2.75) is 44.4 Å². The lowest BCUT2D eigenvalue weighted by Crippen LogP contribution is -2.34. The van der Waals surface area contributed by atoms with E-state index in [9.17, 15) is 0 Å². The second-order valence-corrected chi connectivity index (χ2v) is 7.14. The minimum atomic E-state index is 0.0480. The molecule has 3 rings (SSSR count). The van der Waals surface area contributed by atoms with Crippen LogP contribution in [0.25, 0.3) is 5.52 Å². The Balaban J connectivity index is 2.01. The molecular weight excluding hydrogens is 272 g/mol. The fraction of sp³-hybridized carbons (Fsp3) is 0.600. The van der Waals surface area contributed by atoms with Gasteiger partial charge in [0.1, 0.15) is 5.52 Å². The number of hydrogen-bond donors (Lipinski definition) is 0. The van der Waals surface area contributed by atoms with Crippen LogP contribution < -0.4 is 4.90 Å². The first-order valence-electron chi connectivity index (χ1n) is 7.19. The third-order valence-corrected chi connectivity index (χ3v) is 4.30. The molecule has 0 spiro atoms. The summed E-state index contributed by atoms with van der Waals surface area (Å²) in [6, 6.07) is 2.16. The second-order valence-electron chi connectivity index (χ2n) is 6.52. The molecule has 4 nitrogen and oxygen atoms in total. The Labute approximate surface area is 124 Å². The van der Waals surface area contributed by atoms with Crippen molar-refractivity contribution in [2.75, 3.05) is 18.0 Å². The molecule has 0 aliphatic carbocycles. The Hall–Kier alpha value is -1.29. The third kappa shape index (κ3) is 2.49. The van der Waals surface area contributed by atoms with Crippen LogP contribution in [-0.2, 0) is 5.41 Å². The smallest absolute Gasteiger partial charge is 0.154 e. The monoisotopic (exact) mass is 292 g/mol. The van der Waals surface area contributed by atoms with Crippen LogP contribution in [0.4, 0.5) is 5.82 Å². The number of piperidine rings is 1. The first kappa shape index (κ1) is 13.7. The standard InChI is InChI=1S/C15H21ClN4/c1-15(2,3)13-10-12-14(17-6-9-20(12)18-13)19-7-4-11(16)5-8-19/h6,9-11H,4-5,7-8H2,1-3H3. The normalized spacial score (nSPS) is 17.9. The molecule has 0 amide bonds. The first-order chi connectivity index (χ1) is 9.45. The van der Waals surface area contributed by atoms with Crippen molar-refractivity contribution < 1.29 is 0 Å². The summed E-state index contributed by atoms with van der Waals surface area (Å²) >= 11 is 6.19. The van der Waals surface area contributed by atoms with Crippen LogP contribution in [0.1, 0.15) is 39.3 Å². The van der Waals surface area contributed by atoms with E-state index in [1.54, 1.807) is 0 Å². The van der Waals surface area contributed by atoms with Crippen LogP contribution >= 0.6 is 11.6 Å². The summed E-state index contributed by atoms with van der Waals surface area (Å²) in [5.41, 5.74) is 2.23. The highest BCUT2D eigenvalue weighted by Gasteiger charge is 2.23. The third-order valence-electron chi connectivity index (χ3n) is 3.86. The molecule has 1 aliphatic rings. The molecule has 0 aromatic carbocycles. The number of anilines is 1. The van der Waals surface area contributed by atoms with E-state index >= 15 is 0 Å². The molecule has 2 aromatic heterocycles. The average Bonchev–Trinajstić information content (AvgIpc) is 2.83. The highest BCUT2D eigenvalue weighted by molar-refractivity contribution is 6.20. The predicted octanol–water partition coefficient (Wildman–Crippen LogP) is 3.23. The number of alkyl halides is 1. The van der Waals surface area contributed by atoms with E-state index in [1.807, 2.05) is 16.9 Å². The lowest BCUT2D eigenvalue weighted by atomic mass is 9.92. The van der Waals surface area contributed by atoms with Gasteiger partial charge in [0.2, 0.25) is 0 Å². The zero-order valence-electron chi connectivity index (χ0n) is 12.3. The molecule has 2 aromatic rings. The van der Waals surface area contributed by atoms with Crippen molar-refractivity contribution in [2.24, 2.45) is 0 Å². The minimum Gasteiger partial charge on any atom is -0.355 e. The average molecular weight is 293 g/mol. The number of hydrogen-bond acceptors (Lipinski definition) is 3. The van der Waals surface area contributed by atoms with Gasteiger partial charge in [0.25, 0.3) is 0 Å². The Morgan fingerprint density at radius 2 is 1.95 bits per heavy atom. The molecule has 0 bridgehead atoms. The van der Waals surface area contributed by atoms with Crippen molar-refractivity contribution >= 4 is 22.9 Å². The summed E-state index contributed by atoms with van der Waals surface area (Å²) in [5.74, 6) is 1.03. The highest BCUT2D eigenvalue weighted by atomic mass is 35.5. The number of fused-ring (bicyclic) bond motifs is 1. The van der Waals surface area contributed by atoms with Gasteiger partial charge in [-0.3, -0.25) is 0 Å². The molecule has 108 valence electrons. The molecule has 5 heteroatoms. The van der Waals surface area contributed by atoms with E-state index in [1.165, 1.54) is 0 Å². The van der Waals surface area contributed by atoms with Gasteiger partial charge in [0, 0.05) is 36.3 Å². The van der Waals surface area contributed by atoms with Crippen molar-refractivity contribution in [1.29, 1.82) is 0 Å². The largest absolute Gasteiger partial charge is 0.355 e. The van der Waals surface area contributed by atoms with E-state index in [-0.39, 0.29) is 5.41 Å². The SMILES string of the molecule is CC(C)(C)c1cc2c(N3CCC(Cl)CC3)nccn2n1. The van der Waals surface area contributed by atoms with Gasteiger partial charge < -0.3 is 4.90 Å². The van der Waals surface area contributed by atoms with Crippen molar-refractivity contribution in [3.63, 3.8) is 0 Å². The Bertz CT molecular complexity index is 606. The maximum Gasteiger partial charge on any atom is 0.154 e. The highest BCUT2D eigenvalue weighted by Crippen LogP contribution is 2.28. The first-order valence-corrected chi connectivity index (χ1v) is 7.63. The summed E-state index contributed by atoms with van der Waals surface area (Å²) < 4.78 is 1.94. The number of rotatable bonds is 1. The van der Waals surface area contributed by atoms with E-state index in [4.69, 9.17) is 11.6 Å². The maximum atomic E-state index is 6.19.